The van der Waals surface area contributed by atoms with E-state index in [1.54, 1.807) is 5.38 Å². The Morgan fingerprint density at radius 1 is 1.19 bits per heavy atom. The molecule has 4 rings (SSSR count). The number of thiophene rings is 1. The lowest BCUT2D eigenvalue weighted by Crippen LogP contribution is -2.44. The van der Waals surface area contributed by atoms with Crippen molar-refractivity contribution in [1.29, 1.82) is 0 Å². The van der Waals surface area contributed by atoms with Gasteiger partial charge >= 0.3 is 0 Å². The number of benzene rings is 1. The summed E-state index contributed by atoms with van der Waals surface area (Å²) in [5.74, 6) is -3.04. The smallest absolute Gasteiger partial charge is 0.208 e. The predicted molar refractivity (Wildman–Crippen MR) is 89.9 cm³/mol. The molecule has 0 radical (unpaired) electrons. The monoisotopic (exact) mass is 374 g/mol. The highest BCUT2D eigenvalue weighted by Crippen LogP contribution is 2.50. The third kappa shape index (κ3) is 1.97. The molecule has 1 heterocycles. The molecule has 8 heteroatoms. The molecule has 4 N–H and O–H groups in total. The van der Waals surface area contributed by atoms with Gasteiger partial charge in [-0.25, -0.2) is 0 Å². The summed E-state index contributed by atoms with van der Waals surface area (Å²) in [6, 6.07) is 1.46. The Morgan fingerprint density at radius 2 is 1.85 bits per heavy atom. The van der Waals surface area contributed by atoms with Crippen molar-refractivity contribution in [2.45, 2.75) is 31.5 Å². The summed E-state index contributed by atoms with van der Waals surface area (Å²) in [5.41, 5.74) is -2.75. The van der Waals surface area contributed by atoms with E-state index >= 15 is 0 Å². The molecule has 2 aliphatic carbocycles. The maximum Gasteiger partial charge on any atom is 0.208 e. The molecular formula is C18H14O7S. The average Bonchev–Trinajstić information content (AvgIpc) is 3.05. The van der Waals surface area contributed by atoms with E-state index in [-0.39, 0.29) is 45.5 Å². The summed E-state index contributed by atoms with van der Waals surface area (Å²) in [6.07, 6.45) is -2.23. The number of rotatable bonds is 1. The molecule has 134 valence electrons. The highest BCUT2D eigenvalue weighted by Gasteiger charge is 2.47. The first-order chi connectivity index (χ1) is 12.2. The molecule has 7 nitrogen and oxygen atoms in total. The van der Waals surface area contributed by atoms with E-state index in [1.165, 1.54) is 6.07 Å². The number of fused-ring (bicyclic) bond motifs is 3. The van der Waals surface area contributed by atoms with Crippen LogP contribution in [0, 0.1) is 0 Å². The summed E-state index contributed by atoms with van der Waals surface area (Å²) in [5, 5.41) is 43.7. The summed E-state index contributed by atoms with van der Waals surface area (Å²) in [7, 11) is 0. The van der Waals surface area contributed by atoms with Gasteiger partial charge in [0.25, 0.3) is 0 Å². The Morgan fingerprint density at radius 3 is 2.50 bits per heavy atom. The second-order valence-electron chi connectivity index (χ2n) is 6.65. The van der Waals surface area contributed by atoms with Gasteiger partial charge in [-0.15, -0.1) is 11.3 Å². The molecule has 2 aromatic rings. The van der Waals surface area contributed by atoms with Crippen LogP contribution in [0.25, 0.3) is 0 Å². The second-order valence-corrected chi connectivity index (χ2v) is 7.56. The van der Waals surface area contributed by atoms with Crippen molar-refractivity contribution in [1.82, 2.24) is 0 Å². The largest absolute Gasteiger partial charge is 0.507 e. The molecule has 2 aliphatic rings. The van der Waals surface area contributed by atoms with Gasteiger partial charge in [-0.2, -0.15) is 0 Å². The quantitative estimate of drug-likeness (QED) is 0.471. The minimum absolute atomic E-state index is 0.0995. The number of ketones is 3. The highest BCUT2D eigenvalue weighted by molar-refractivity contribution is 7.12. The zero-order valence-corrected chi connectivity index (χ0v) is 14.4. The number of aliphatic hydroxyl groups excluding tert-OH is 1. The SMILES string of the molecule is CC(=O)[C@]1(O)Cc2c(O)c3c(c(O)c2[C@@H](O)C1)C(=O)c1sccc1C3=O. The van der Waals surface area contributed by atoms with Crippen molar-refractivity contribution in [3.8, 4) is 11.5 Å². The Labute approximate surface area is 151 Å². The van der Waals surface area contributed by atoms with Crippen LogP contribution in [-0.2, 0) is 11.2 Å². The van der Waals surface area contributed by atoms with E-state index in [0.717, 1.165) is 18.3 Å². The van der Waals surface area contributed by atoms with Gasteiger partial charge in [0.1, 0.15) is 17.1 Å². The number of aliphatic hydroxyl groups is 2. The third-order valence-electron chi connectivity index (χ3n) is 5.15. The number of carbonyl (C=O) groups is 3. The Balaban J connectivity index is 2.03. The Bertz CT molecular complexity index is 1020. The molecule has 0 bridgehead atoms. The molecule has 0 amide bonds. The fourth-order valence-electron chi connectivity index (χ4n) is 3.74. The van der Waals surface area contributed by atoms with Crippen LogP contribution in [0.4, 0.5) is 0 Å². The zero-order valence-electron chi connectivity index (χ0n) is 13.6. The fourth-order valence-corrected chi connectivity index (χ4v) is 4.58. The molecule has 0 spiro atoms. The lowest BCUT2D eigenvalue weighted by atomic mass is 9.73. The normalized spacial score (nSPS) is 24.0. The van der Waals surface area contributed by atoms with Gasteiger partial charge in [0.15, 0.2) is 11.6 Å². The molecule has 0 saturated heterocycles. The van der Waals surface area contributed by atoms with Crippen LogP contribution >= 0.6 is 11.3 Å². The first kappa shape index (κ1) is 16.9. The van der Waals surface area contributed by atoms with E-state index in [1.807, 2.05) is 0 Å². The predicted octanol–water partition coefficient (Wildman–Crippen LogP) is 1.23. The first-order valence-corrected chi connectivity index (χ1v) is 8.74. The number of phenolic OH excluding ortho intramolecular Hbond substituents is 2. The number of phenols is 2. The first-order valence-electron chi connectivity index (χ1n) is 7.86. The molecule has 26 heavy (non-hydrogen) atoms. The van der Waals surface area contributed by atoms with Crippen molar-refractivity contribution >= 4 is 28.7 Å². The van der Waals surface area contributed by atoms with Gasteiger partial charge in [0.2, 0.25) is 5.78 Å². The summed E-state index contributed by atoms with van der Waals surface area (Å²) in [6.45, 7) is 1.15. The molecular weight excluding hydrogens is 360 g/mol. The van der Waals surface area contributed by atoms with Gasteiger partial charge in [0.05, 0.1) is 22.1 Å². The molecule has 0 saturated carbocycles. The minimum Gasteiger partial charge on any atom is -0.507 e. The highest BCUT2D eigenvalue weighted by atomic mass is 32.1. The summed E-state index contributed by atoms with van der Waals surface area (Å²) < 4.78 is 0. The summed E-state index contributed by atoms with van der Waals surface area (Å²) >= 11 is 1.05. The van der Waals surface area contributed by atoms with Gasteiger partial charge in [-0.1, -0.05) is 0 Å². The van der Waals surface area contributed by atoms with Crippen molar-refractivity contribution < 1.29 is 34.8 Å². The van der Waals surface area contributed by atoms with Crippen molar-refractivity contribution in [3.05, 3.63) is 44.1 Å². The number of aromatic hydroxyl groups is 2. The van der Waals surface area contributed by atoms with Gasteiger partial charge in [-0.05, 0) is 18.4 Å². The maximum atomic E-state index is 12.7. The van der Waals surface area contributed by atoms with Gasteiger partial charge < -0.3 is 20.4 Å². The van der Waals surface area contributed by atoms with Crippen molar-refractivity contribution in [2.75, 3.05) is 0 Å². The number of hydrogen-bond acceptors (Lipinski definition) is 8. The number of carbonyl (C=O) groups excluding carboxylic acids is 3. The zero-order chi connectivity index (χ0) is 19.0. The van der Waals surface area contributed by atoms with E-state index < -0.39 is 40.6 Å². The minimum atomic E-state index is -1.93. The lowest BCUT2D eigenvalue weighted by Gasteiger charge is -2.36. The van der Waals surface area contributed by atoms with Gasteiger partial charge in [-0.3, -0.25) is 14.4 Å². The van der Waals surface area contributed by atoms with Crippen LogP contribution < -0.4 is 0 Å². The van der Waals surface area contributed by atoms with Crippen LogP contribution in [-0.4, -0.2) is 43.4 Å². The van der Waals surface area contributed by atoms with Crippen LogP contribution in [0.5, 0.6) is 11.5 Å². The molecule has 1 aromatic heterocycles. The standard InChI is InChI=1S/C18H14O7S/c1-6(19)18(25)4-8-10(9(20)5-18)15(23)12-11(14(8)22)13(21)7-2-3-26-17(7)16(12)24/h2-3,9,20,22-23,25H,4-5H2,1H3/t9-,18-/m0/s1. The average molecular weight is 374 g/mol. The van der Waals surface area contributed by atoms with E-state index in [9.17, 15) is 34.8 Å². The van der Waals surface area contributed by atoms with Crippen molar-refractivity contribution in [3.63, 3.8) is 0 Å². The Kier molecular flexibility index (Phi) is 3.40. The topological polar surface area (TPSA) is 132 Å². The molecule has 1 aromatic carbocycles. The maximum absolute atomic E-state index is 12.7. The molecule has 0 aliphatic heterocycles. The third-order valence-corrected chi connectivity index (χ3v) is 6.06. The van der Waals surface area contributed by atoms with Gasteiger partial charge in [0, 0.05) is 29.5 Å². The van der Waals surface area contributed by atoms with Crippen molar-refractivity contribution in [2.24, 2.45) is 0 Å². The number of Topliss-reactive ketones (excluding diaryl/α,β-unsaturated/α-hetero) is 1. The fraction of sp³-hybridized carbons (Fsp3) is 0.278. The van der Waals surface area contributed by atoms with E-state index in [2.05, 4.69) is 0 Å². The molecule has 0 fully saturated rings. The molecule has 0 unspecified atom stereocenters. The second kappa shape index (κ2) is 5.23. The van der Waals surface area contributed by atoms with Crippen LogP contribution in [0.2, 0.25) is 0 Å². The van der Waals surface area contributed by atoms with Crippen LogP contribution in [0.1, 0.15) is 61.7 Å². The molecule has 2 atom stereocenters. The van der Waals surface area contributed by atoms with Crippen LogP contribution in [0.15, 0.2) is 11.4 Å². The van der Waals surface area contributed by atoms with Crippen LogP contribution in [0.3, 0.4) is 0 Å². The Hall–Kier alpha value is -2.55. The van der Waals surface area contributed by atoms with E-state index in [4.69, 9.17) is 0 Å². The van der Waals surface area contributed by atoms with E-state index in [0.29, 0.717) is 0 Å². The summed E-state index contributed by atoms with van der Waals surface area (Å²) in [4.78, 5) is 37.4. The lowest BCUT2D eigenvalue weighted by molar-refractivity contribution is -0.139. The number of hydrogen-bond donors (Lipinski definition) is 4.